The molecule has 0 bridgehead atoms. The number of carbonyl (C=O) groups excluding carboxylic acids is 7. The van der Waals surface area contributed by atoms with E-state index in [0.717, 1.165) is 33.4 Å². The molecule has 23 heteroatoms. The number of amides is 5. The summed E-state index contributed by atoms with van der Waals surface area (Å²) in [5.41, 5.74) is 13.2. The Morgan fingerprint density at radius 1 is 0.510 bits per heavy atom. The van der Waals surface area contributed by atoms with E-state index >= 15 is 0 Å². The van der Waals surface area contributed by atoms with E-state index in [0.29, 0.717) is 74.4 Å². The first-order chi connectivity index (χ1) is 45.8. The van der Waals surface area contributed by atoms with E-state index in [-0.39, 0.29) is 128 Å². The summed E-state index contributed by atoms with van der Waals surface area (Å²) in [6.07, 6.45) is 1.38. The van der Waals surface area contributed by atoms with Crippen molar-refractivity contribution in [3.63, 3.8) is 0 Å². The lowest BCUT2D eigenvalue weighted by Gasteiger charge is -2.30. The van der Waals surface area contributed by atoms with E-state index in [1.807, 2.05) is 182 Å². The van der Waals surface area contributed by atoms with Crippen LogP contribution in [0.1, 0.15) is 119 Å². The number of fused-ring (bicyclic) bond motifs is 2. The third-order valence-electron chi connectivity index (χ3n) is 15.8. The predicted molar refractivity (Wildman–Crippen MR) is 393 cm³/mol. The second kappa shape index (κ2) is 39.7. The van der Waals surface area contributed by atoms with Crippen LogP contribution in [0.3, 0.4) is 0 Å². The Morgan fingerprint density at radius 3 is 1.23 bits per heavy atom. The van der Waals surface area contributed by atoms with Crippen LogP contribution < -0.4 is 11.1 Å². The molecule has 0 radical (unpaired) electrons. The van der Waals surface area contributed by atoms with Crippen molar-refractivity contribution in [1.82, 2.24) is 24.9 Å². The quantitative estimate of drug-likeness (QED) is 0.0508. The number of rotatable bonds is 23. The molecule has 17 nitrogen and oxygen atoms in total. The Labute approximate surface area is 606 Å². The zero-order chi connectivity index (χ0) is 68.0. The summed E-state index contributed by atoms with van der Waals surface area (Å²) in [5, 5.41) is 12.0. The number of aromatic carboxylic acids is 1. The molecule has 0 aromatic heterocycles. The maximum Gasteiger partial charge on any atom is 0.338 e. The number of benzene rings is 8. The number of nitrogens with two attached hydrogens (primary N) is 1. The summed E-state index contributed by atoms with van der Waals surface area (Å²) in [6.45, 7) is 2.95. The fourth-order valence-electron chi connectivity index (χ4n) is 10.6. The number of esters is 2. The molecule has 516 valence electrons. The van der Waals surface area contributed by atoms with Crippen molar-refractivity contribution >= 4 is 121 Å². The van der Waals surface area contributed by atoms with Gasteiger partial charge in [-0.3, -0.25) is 28.8 Å². The van der Waals surface area contributed by atoms with Gasteiger partial charge < -0.3 is 45.2 Å². The maximum absolute atomic E-state index is 13.7. The van der Waals surface area contributed by atoms with Gasteiger partial charge in [0, 0.05) is 77.3 Å². The van der Waals surface area contributed by atoms with Gasteiger partial charge in [0.1, 0.15) is 25.3 Å². The van der Waals surface area contributed by atoms with Gasteiger partial charge in [-0.1, -0.05) is 236 Å². The highest BCUT2D eigenvalue weighted by atomic mass is 35.5. The van der Waals surface area contributed by atoms with Crippen molar-refractivity contribution in [3.8, 4) is 0 Å². The van der Waals surface area contributed by atoms with Crippen molar-refractivity contribution in [2.75, 3.05) is 27.2 Å². The SMILES string of the molecule is C.CN(Cc1ccccc1)C(=O)CC[C@H](N)C(=O)OCc1ccccc1.CN(Cc1ccccc1)C(=O)CC[C@H](NC(=O)c1c(Cl)cc2c(c1Cl)CCN(Cc1ccccc1)C2=O)C(=O)OCc1ccccc1.O=C(O)c1c(Cl)cc2c(c1Cl)CCN(Cc1ccccc1)C2=O.S.S. The van der Waals surface area contributed by atoms with Crippen LogP contribution in [0.25, 0.3) is 0 Å². The highest BCUT2D eigenvalue weighted by Gasteiger charge is 2.34. The van der Waals surface area contributed by atoms with Crippen LogP contribution in [0, 0.1) is 0 Å². The van der Waals surface area contributed by atoms with E-state index in [1.54, 1.807) is 33.7 Å². The molecule has 10 rings (SSSR count). The van der Waals surface area contributed by atoms with E-state index in [2.05, 4.69) is 5.32 Å². The summed E-state index contributed by atoms with van der Waals surface area (Å²) in [4.78, 5) is 108. The van der Waals surface area contributed by atoms with Crippen LogP contribution >= 0.6 is 73.4 Å². The van der Waals surface area contributed by atoms with Gasteiger partial charge in [-0.05, 0) is 82.3 Å². The van der Waals surface area contributed by atoms with Crippen LogP contribution in [0.5, 0.6) is 0 Å². The summed E-state index contributed by atoms with van der Waals surface area (Å²) >= 11 is 25.5. The number of carboxylic acid groups (broad SMARTS) is 1. The minimum absolute atomic E-state index is 0. The smallest absolute Gasteiger partial charge is 0.338 e. The van der Waals surface area contributed by atoms with Crippen LogP contribution in [0.2, 0.25) is 20.1 Å². The minimum atomic E-state index is -1.19. The van der Waals surface area contributed by atoms with Crippen molar-refractivity contribution in [3.05, 3.63) is 281 Å². The summed E-state index contributed by atoms with van der Waals surface area (Å²) in [7, 11) is 3.43. The molecule has 98 heavy (non-hydrogen) atoms. The van der Waals surface area contributed by atoms with Crippen molar-refractivity contribution in [2.24, 2.45) is 5.73 Å². The molecule has 2 heterocycles. The van der Waals surface area contributed by atoms with Gasteiger partial charge in [0.15, 0.2) is 0 Å². The molecule has 0 unspecified atom stereocenters. The molecule has 0 fully saturated rings. The van der Waals surface area contributed by atoms with Crippen LogP contribution in [0.15, 0.2) is 194 Å². The molecule has 8 aromatic rings. The molecule has 0 aliphatic carbocycles. The zero-order valence-corrected chi connectivity index (χ0v) is 58.5. The predicted octanol–water partition coefficient (Wildman–Crippen LogP) is 13.7. The first kappa shape index (κ1) is 80.0. The Kier molecular flexibility index (Phi) is 32.4. The fraction of sp³-hybridized carbons (Fsp3) is 0.253. The van der Waals surface area contributed by atoms with E-state index in [4.69, 9.17) is 61.6 Å². The second-order valence-electron chi connectivity index (χ2n) is 22.7. The average Bonchev–Trinajstić information content (AvgIpc) is 0.789. The first-order valence-corrected chi connectivity index (χ1v) is 32.2. The Hall–Kier alpha value is -8.66. The number of carboxylic acids is 1. The highest BCUT2D eigenvalue weighted by Crippen LogP contribution is 2.37. The largest absolute Gasteiger partial charge is 0.478 e. The monoisotopic (exact) mass is 1440 g/mol. The highest BCUT2D eigenvalue weighted by molar-refractivity contribution is 7.59. The van der Waals surface area contributed by atoms with E-state index < -0.39 is 35.9 Å². The molecule has 5 amide bonds. The van der Waals surface area contributed by atoms with Crippen LogP contribution in [0.4, 0.5) is 0 Å². The van der Waals surface area contributed by atoms with Crippen LogP contribution in [-0.4, -0.2) is 111 Å². The molecular weight excluding hydrogens is 1370 g/mol. The minimum Gasteiger partial charge on any atom is -0.478 e. The molecule has 2 aliphatic heterocycles. The Bertz CT molecular complexity index is 3990. The topological polar surface area (TPSA) is 226 Å². The maximum atomic E-state index is 13.7. The summed E-state index contributed by atoms with van der Waals surface area (Å²) in [5.74, 6) is -3.74. The fourth-order valence-corrected chi connectivity index (χ4v) is 12.1. The second-order valence-corrected chi connectivity index (χ2v) is 24.3. The number of hydrogen-bond donors (Lipinski definition) is 3. The number of halogens is 4. The molecular formula is C75H80Cl4N6O11S2. The third-order valence-corrected chi connectivity index (χ3v) is 17.3. The normalized spacial score (nSPS) is 12.4. The number of nitrogens with zero attached hydrogens (tertiary/aromatic N) is 4. The molecule has 8 aromatic carbocycles. The Balaban J connectivity index is 0.000000287. The lowest BCUT2D eigenvalue weighted by Crippen LogP contribution is -2.43. The molecule has 2 aliphatic rings. The molecule has 0 spiro atoms. The van der Waals surface area contributed by atoms with Gasteiger partial charge in [-0.25, -0.2) is 9.59 Å². The summed E-state index contributed by atoms with van der Waals surface area (Å²) in [6, 6.07) is 58.1. The number of carbonyl (C=O) groups is 8. The zero-order valence-electron chi connectivity index (χ0n) is 53.4. The number of hydrogen-bond acceptors (Lipinski definition) is 11. The first-order valence-electron chi connectivity index (χ1n) is 30.7. The molecule has 0 saturated heterocycles. The Morgan fingerprint density at radius 2 is 0.847 bits per heavy atom. The molecule has 4 N–H and O–H groups in total. The molecule has 2 atom stereocenters. The van der Waals surface area contributed by atoms with E-state index in [9.17, 15) is 43.5 Å². The van der Waals surface area contributed by atoms with E-state index in [1.165, 1.54) is 12.1 Å². The number of nitrogens with one attached hydrogen (secondary N) is 1. The lowest BCUT2D eigenvalue weighted by atomic mass is 9.95. The van der Waals surface area contributed by atoms with Gasteiger partial charge in [-0.2, -0.15) is 27.0 Å². The van der Waals surface area contributed by atoms with Gasteiger partial charge in [0.25, 0.3) is 17.7 Å². The lowest BCUT2D eigenvalue weighted by molar-refractivity contribution is -0.148. The van der Waals surface area contributed by atoms with Crippen LogP contribution in [-0.2, 0) is 80.9 Å². The van der Waals surface area contributed by atoms with Crippen molar-refractivity contribution < 1.29 is 52.9 Å². The standard InChI is InChI=1S/C37H35Cl2N3O5.C20H24N2O3.C17H13Cl2NO3.CH4.2H2S/c1-41(22-25-11-5-2-6-12-25)32(43)18-17-31(37(46)47-24-27-15-9-4-10-16-27)40-35(44)33-30(38)21-29-28(34(33)39)19-20-42(36(29)45)23-26-13-7-3-8-14-26;1-22(14-16-8-4-2-5-9-16)19(23)13-12-18(21)20(24)25-15-17-10-6-3-7-11-17;18-13-8-12-11(15(19)14(13)17(22)23)6-7-20(16(12)21)9-10-4-2-1-3-5-10;;;/h2-16,21,31H,17-20,22-24H2,1H3,(H,40,44);2-11,18H,12-15,21H2,1H3;1-5,8H,6-7,9H2,(H,22,23);1H4;2*1H2/t31-;18-;;;;/m00..../s1. The van der Waals surface area contributed by atoms with Gasteiger partial charge in [0.05, 0.1) is 31.2 Å². The van der Waals surface area contributed by atoms with Gasteiger partial charge in [0.2, 0.25) is 11.8 Å². The van der Waals surface area contributed by atoms with Crippen molar-refractivity contribution in [2.45, 2.75) is 97.4 Å². The van der Waals surface area contributed by atoms with Gasteiger partial charge >= 0.3 is 17.9 Å². The number of ether oxygens (including phenoxy) is 2. The summed E-state index contributed by atoms with van der Waals surface area (Å²) < 4.78 is 10.7. The molecule has 0 saturated carbocycles. The van der Waals surface area contributed by atoms with Crippen molar-refractivity contribution in [1.29, 1.82) is 0 Å². The third kappa shape index (κ3) is 22.7. The van der Waals surface area contributed by atoms with Gasteiger partial charge in [-0.15, -0.1) is 0 Å². The average molecular weight is 1450 g/mol.